The van der Waals surface area contributed by atoms with E-state index in [1.165, 1.54) is 12.1 Å². The van der Waals surface area contributed by atoms with Crippen molar-refractivity contribution in [1.82, 2.24) is 10.2 Å². The highest BCUT2D eigenvalue weighted by Crippen LogP contribution is 2.16. The number of benzene rings is 2. The monoisotopic (exact) mass is 369 g/mol. The molecule has 5 nitrogen and oxygen atoms in total. The Balaban J connectivity index is 1.43. The third kappa shape index (κ3) is 5.06. The summed E-state index contributed by atoms with van der Waals surface area (Å²) in [5, 5.41) is 2.72. The quantitative estimate of drug-likeness (QED) is 0.879. The topological polar surface area (TPSA) is 52.7 Å². The fourth-order valence-electron chi connectivity index (χ4n) is 3.20. The largest absolute Gasteiger partial charge is 0.368 e. The second kappa shape index (κ2) is 8.66. The maximum atomic E-state index is 13.0. The van der Waals surface area contributed by atoms with Crippen molar-refractivity contribution in [3.8, 4) is 0 Å². The SMILES string of the molecule is Cc1ccccc1CC(=O)NCC(=O)N1CCN(c2ccc(F)cc2)CC1. The van der Waals surface area contributed by atoms with Gasteiger partial charge in [0.1, 0.15) is 5.82 Å². The van der Waals surface area contributed by atoms with E-state index in [-0.39, 0.29) is 30.6 Å². The average Bonchev–Trinajstić information content (AvgIpc) is 2.69. The summed E-state index contributed by atoms with van der Waals surface area (Å²) in [5.74, 6) is -0.483. The van der Waals surface area contributed by atoms with Crippen LogP contribution in [-0.2, 0) is 16.0 Å². The summed E-state index contributed by atoms with van der Waals surface area (Å²) in [6.45, 7) is 4.53. The molecule has 0 bridgehead atoms. The number of amides is 2. The molecule has 27 heavy (non-hydrogen) atoms. The summed E-state index contributed by atoms with van der Waals surface area (Å²) >= 11 is 0. The highest BCUT2D eigenvalue weighted by molar-refractivity contribution is 5.86. The van der Waals surface area contributed by atoms with Gasteiger partial charge in [0.15, 0.2) is 0 Å². The van der Waals surface area contributed by atoms with Crippen LogP contribution in [0.1, 0.15) is 11.1 Å². The fourth-order valence-corrected chi connectivity index (χ4v) is 3.20. The predicted molar refractivity (Wildman–Crippen MR) is 103 cm³/mol. The molecule has 2 aromatic rings. The van der Waals surface area contributed by atoms with Crippen LogP contribution in [0.25, 0.3) is 0 Å². The van der Waals surface area contributed by atoms with Gasteiger partial charge >= 0.3 is 0 Å². The summed E-state index contributed by atoms with van der Waals surface area (Å²) in [6.07, 6.45) is 0.276. The van der Waals surface area contributed by atoms with Crippen molar-refractivity contribution in [2.75, 3.05) is 37.6 Å². The number of halogens is 1. The van der Waals surface area contributed by atoms with Crippen LogP contribution in [-0.4, -0.2) is 49.4 Å². The van der Waals surface area contributed by atoms with Crippen LogP contribution in [0.4, 0.5) is 10.1 Å². The Morgan fingerprint density at radius 2 is 1.67 bits per heavy atom. The maximum Gasteiger partial charge on any atom is 0.242 e. The van der Waals surface area contributed by atoms with Crippen LogP contribution in [0.3, 0.4) is 0 Å². The smallest absolute Gasteiger partial charge is 0.242 e. The van der Waals surface area contributed by atoms with Gasteiger partial charge in [0, 0.05) is 31.9 Å². The van der Waals surface area contributed by atoms with Crippen LogP contribution in [0.5, 0.6) is 0 Å². The summed E-state index contributed by atoms with van der Waals surface area (Å²) in [5.41, 5.74) is 2.99. The number of hydrogen-bond donors (Lipinski definition) is 1. The Kier molecular flexibility index (Phi) is 6.06. The molecule has 1 aliphatic heterocycles. The molecule has 142 valence electrons. The highest BCUT2D eigenvalue weighted by Gasteiger charge is 2.21. The lowest BCUT2D eigenvalue weighted by atomic mass is 10.1. The lowest BCUT2D eigenvalue weighted by molar-refractivity contribution is -0.133. The summed E-state index contributed by atoms with van der Waals surface area (Å²) in [6, 6.07) is 14.1. The molecule has 1 saturated heterocycles. The zero-order valence-corrected chi connectivity index (χ0v) is 15.5. The first-order valence-electron chi connectivity index (χ1n) is 9.12. The minimum Gasteiger partial charge on any atom is -0.368 e. The standard InChI is InChI=1S/C21H24FN3O2/c1-16-4-2-3-5-17(16)14-20(26)23-15-21(27)25-12-10-24(11-13-25)19-8-6-18(22)7-9-19/h2-9H,10-15H2,1H3,(H,23,26). The third-order valence-corrected chi connectivity index (χ3v) is 4.87. The van der Waals surface area contributed by atoms with Gasteiger partial charge in [-0.25, -0.2) is 4.39 Å². The Hall–Kier alpha value is -2.89. The Bertz CT molecular complexity index is 799. The number of rotatable bonds is 5. The van der Waals surface area contributed by atoms with Gasteiger partial charge in [-0.15, -0.1) is 0 Å². The zero-order valence-electron chi connectivity index (χ0n) is 15.5. The molecule has 0 aromatic heterocycles. The maximum absolute atomic E-state index is 13.0. The van der Waals surface area contributed by atoms with Crippen LogP contribution < -0.4 is 10.2 Å². The molecule has 2 aromatic carbocycles. The number of carbonyl (C=O) groups is 2. The van der Waals surface area contributed by atoms with Crippen LogP contribution in [0.15, 0.2) is 48.5 Å². The highest BCUT2D eigenvalue weighted by atomic mass is 19.1. The molecule has 0 radical (unpaired) electrons. The molecule has 6 heteroatoms. The van der Waals surface area contributed by atoms with E-state index in [2.05, 4.69) is 10.2 Å². The van der Waals surface area contributed by atoms with E-state index < -0.39 is 0 Å². The van der Waals surface area contributed by atoms with Crippen molar-refractivity contribution in [2.45, 2.75) is 13.3 Å². The Morgan fingerprint density at radius 3 is 2.33 bits per heavy atom. The van der Waals surface area contributed by atoms with Gasteiger partial charge in [-0.05, 0) is 42.3 Å². The second-order valence-electron chi connectivity index (χ2n) is 6.72. The molecule has 0 aliphatic carbocycles. The van der Waals surface area contributed by atoms with Gasteiger partial charge in [-0.3, -0.25) is 9.59 Å². The number of hydrogen-bond acceptors (Lipinski definition) is 3. The van der Waals surface area contributed by atoms with Crippen LogP contribution >= 0.6 is 0 Å². The van der Waals surface area contributed by atoms with Gasteiger partial charge < -0.3 is 15.1 Å². The summed E-state index contributed by atoms with van der Waals surface area (Å²) in [4.78, 5) is 28.3. The number of nitrogens with one attached hydrogen (secondary N) is 1. The van der Waals surface area contributed by atoms with Crippen molar-refractivity contribution >= 4 is 17.5 Å². The average molecular weight is 369 g/mol. The number of nitrogens with zero attached hydrogens (tertiary/aromatic N) is 2. The number of anilines is 1. The van der Waals surface area contributed by atoms with Gasteiger partial charge in [0.2, 0.25) is 11.8 Å². The molecule has 1 aliphatic rings. The lowest BCUT2D eigenvalue weighted by Gasteiger charge is -2.36. The minimum absolute atomic E-state index is 0.0151. The molecule has 1 fully saturated rings. The number of carbonyl (C=O) groups excluding carboxylic acids is 2. The zero-order chi connectivity index (χ0) is 19.2. The van der Waals surface area contributed by atoms with Crippen LogP contribution in [0, 0.1) is 12.7 Å². The normalized spacial score (nSPS) is 14.1. The van der Waals surface area contributed by atoms with E-state index >= 15 is 0 Å². The van der Waals surface area contributed by atoms with Crippen molar-refractivity contribution in [3.63, 3.8) is 0 Å². The Morgan fingerprint density at radius 1 is 1.00 bits per heavy atom. The van der Waals surface area contributed by atoms with E-state index in [1.807, 2.05) is 31.2 Å². The van der Waals surface area contributed by atoms with E-state index in [0.717, 1.165) is 16.8 Å². The van der Waals surface area contributed by atoms with Crippen molar-refractivity contribution in [1.29, 1.82) is 0 Å². The molecule has 1 N–H and O–H groups in total. The van der Waals surface area contributed by atoms with Crippen molar-refractivity contribution < 1.29 is 14.0 Å². The molecule has 3 rings (SSSR count). The van der Waals surface area contributed by atoms with Gasteiger partial charge in [-0.1, -0.05) is 24.3 Å². The molecule has 0 atom stereocenters. The Labute approximate surface area is 158 Å². The minimum atomic E-state index is -0.256. The van der Waals surface area contributed by atoms with Crippen LogP contribution in [0.2, 0.25) is 0 Å². The molecular weight excluding hydrogens is 345 g/mol. The summed E-state index contributed by atoms with van der Waals surface area (Å²) in [7, 11) is 0. The first-order valence-corrected chi connectivity index (χ1v) is 9.12. The van der Waals surface area contributed by atoms with Crippen molar-refractivity contribution in [3.05, 3.63) is 65.5 Å². The fraction of sp³-hybridized carbons (Fsp3) is 0.333. The second-order valence-corrected chi connectivity index (χ2v) is 6.72. The number of aryl methyl sites for hydroxylation is 1. The van der Waals surface area contributed by atoms with Gasteiger partial charge in [-0.2, -0.15) is 0 Å². The van der Waals surface area contributed by atoms with Gasteiger partial charge in [0.25, 0.3) is 0 Å². The lowest BCUT2D eigenvalue weighted by Crippen LogP contribution is -2.51. The van der Waals surface area contributed by atoms with E-state index in [0.29, 0.717) is 26.2 Å². The predicted octanol–water partition coefficient (Wildman–Crippen LogP) is 2.14. The summed E-state index contributed by atoms with van der Waals surface area (Å²) < 4.78 is 13.0. The van der Waals surface area contributed by atoms with Gasteiger partial charge in [0.05, 0.1) is 13.0 Å². The third-order valence-electron chi connectivity index (χ3n) is 4.87. The first-order chi connectivity index (χ1) is 13.0. The first kappa shape index (κ1) is 18.9. The molecule has 0 spiro atoms. The molecule has 2 amide bonds. The van der Waals surface area contributed by atoms with E-state index in [4.69, 9.17) is 0 Å². The van der Waals surface area contributed by atoms with E-state index in [1.54, 1.807) is 17.0 Å². The molecule has 0 saturated carbocycles. The molecular formula is C21H24FN3O2. The number of piperazine rings is 1. The van der Waals surface area contributed by atoms with Crippen molar-refractivity contribution in [2.24, 2.45) is 0 Å². The molecule has 0 unspecified atom stereocenters. The molecule has 1 heterocycles. The van der Waals surface area contributed by atoms with E-state index in [9.17, 15) is 14.0 Å².